The van der Waals surface area contributed by atoms with E-state index in [0.717, 1.165) is 10.2 Å². The average Bonchev–Trinajstić information content (AvgIpc) is 2.99. The van der Waals surface area contributed by atoms with Crippen molar-refractivity contribution in [2.45, 2.75) is 44.4 Å². The van der Waals surface area contributed by atoms with E-state index in [1.165, 1.54) is 4.88 Å². The molecule has 2 bridgehead atoms. The highest BCUT2D eigenvalue weighted by atomic mass is 79.9. The lowest BCUT2D eigenvalue weighted by Gasteiger charge is -2.33. The fourth-order valence-corrected chi connectivity index (χ4v) is 4.34. The van der Waals surface area contributed by atoms with Crippen LogP contribution in [0, 0.1) is 0 Å². The molecule has 20 heavy (non-hydrogen) atoms. The maximum Gasteiger partial charge on any atom is 0.410 e. The van der Waals surface area contributed by atoms with Gasteiger partial charge in [0.25, 0.3) is 0 Å². The van der Waals surface area contributed by atoms with Crippen LogP contribution in [0.4, 0.5) is 4.79 Å². The van der Waals surface area contributed by atoms with E-state index in [9.17, 15) is 4.79 Å². The first-order valence-electron chi connectivity index (χ1n) is 6.68. The van der Waals surface area contributed by atoms with Crippen molar-refractivity contribution in [2.75, 3.05) is 13.2 Å². The van der Waals surface area contributed by atoms with Gasteiger partial charge >= 0.3 is 6.09 Å². The van der Waals surface area contributed by atoms with Crippen molar-refractivity contribution in [1.29, 1.82) is 0 Å². The molecule has 1 amide bonds. The molecule has 4 nitrogen and oxygen atoms in total. The van der Waals surface area contributed by atoms with Crippen molar-refractivity contribution in [2.24, 2.45) is 0 Å². The summed E-state index contributed by atoms with van der Waals surface area (Å²) < 4.78 is 12.6. The van der Waals surface area contributed by atoms with Gasteiger partial charge in [0.15, 0.2) is 0 Å². The van der Waals surface area contributed by atoms with Crippen molar-refractivity contribution in [3.05, 3.63) is 20.8 Å². The number of ether oxygens (including phenoxy) is 2. The first-order chi connectivity index (χ1) is 9.29. The number of carbonyl (C=O) groups is 1. The van der Waals surface area contributed by atoms with Crippen LogP contribution in [0.25, 0.3) is 0 Å². The van der Waals surface area contributed by atoms with Gasteiger partial charge in [-0.2, -0.15) is 0 Å². The maximum absolute atomic E-state index is 12.3. The standard InChI is InChI=1S/C14H18BrNO3S/c1-13(2,3)19-12(17)16-8-14(6-9(16)7-18-14)10-4-5-11(15)20-10/h4-5,9H,6-8H2,1-3H3/t9-,14-/m0/s1. The van der Waals surface area contributed by atoms with Gasteiger partial charge < -0.3 is 9.47 Å². The summed E-state index contributed by atoms with van der Waals surface area (Å²) in [6, 6.07) is 4.24. The van der Waals surface area contributed by atoms with Crippen LogP contribution in [-0.4, -0.2) is 35.8 Å². The molecule has 6 heteroatoms. The number of fused-ring (bicyclic) bond motifs is 2. The number of morpholine rings is 1. The number of thiophene rings is 1. The van der Waals surface area contributed by atoms with E-state index in [-0.39, 0.29) is 17.7 Å². The zero-order valence-electron chi connectivity index (χ0n) is 11.8. The van der Waals surface area contributed by atoms with E-state index in [1.54, 1.807) is 11.3 Å². The quantitative estimate of drug-likeness (QED) is 0.766. The smallest absolute Gasteiger partial charge is 0.410 e. The van der Waals surface area contributed by atoms with Crippen molar-refractivity contribution >= 4 is 33.4 Å². The van der Waals surface area contributed by atoms with Gasteiger partial charge in [0.1, 0.15) is 11.2 Å². The Balaban J connectivity index is 1.78. The number of halogens is 1. The van der Waals surface area contributed by atoms with Crippen LogP contribution in [0.1, 0.15) is 32.1 Å². The van der Waals surface area contributed by atoms with Crippen LogP contribution in [0.3, 0.4) is 0 Å². The van der Waals surface area contributed by atoms with Gasteiger partial charge in [0.2, 0.25) is 0 Å². The molecule has 2 aliphatic rings. The molecule has 2 saturated heterocycles. The van der Waals surface area contributed by atoms with E-state index < -0.39 is 5.60 Å². The lowest BCUT2D eigenvalue weighted by molar-refractivity contribution is -0.0540. The van der Waals surface area contributed by atoms with Gasteiger partial charge in [-0.1, -0.05) is 0 Å². The number of carbonyl (C=O) groups excluding carboxylic acids is 1. The fraction of sp³-hybridized carbons (Fsp3) is 0.643. The molecule has 3 heterocycles. The van der Waals surface area contributed by atoms with E-state index in [2.05, 4.69) is 22.0 Å². The minimum atomic E-state index is -0.459. The summed E-state index contributed by atoms with van der Waals surface area (Å²) in [6.45, 7) is 6.85. The Kier molecular flexibility index (Phi) is 3.38. The number of hydrogen-bond acceptors (Lipinski definition) is 4. The molecule has 1 aromatic rings. The summed E-state index contributed by atoms with van der Waals surface area (Å²) in [6.07, 6.45) is 0.627. The molecule has 0 saturated carbocycles. The van der Waals surface area contributed by atoms with Gasteiger partial charge in [0.05, 0.1) is 23.0 Å². The molecule has 2 atom stereocenters. The SMILES string of the molecule is CC(C)(C)OC(=O)N1C[C@]2(c3ccc(Br)s3)C[C@H]1CO2. The van der Waals surface area contributed by atoms with Crippen molar-refractivity contribution in [3.63, 3.8) is 0 Å². The number of amides is 1. The highest BCUT2D eigenvalue weighted by molar-refractivity contribution is 9.11. The van der Waals surface area contributed by atoms with Crippen LogP contribution in [-0.2, 0) is 15.1 Å². The summed E-state index contributed by atoms with van der Waals surface area (Å²) in [5, 5.41) is 0. The Morgan fingerprint density at radius 1 is 1.55 bits per heavy atom. The molecule has 2 fully saturated rings. The normalized spacial score (nSPS) is 29.0. The summed E-state index contributed by atoms with van der Waals surface area (Å²) in [4.78, 5) is 15.3. The number of rotatable bonds is 1. The Labute approximate surface area is 131 Å². The highest BCUT2D eigenvalue weighted by Gasteiger charge is 2.55. The second kappa shape index (κ2) is 4.71. The largest absolute Gasteiger partial charge is 0.444 e. The Morgan fingerprint density at radius 3 is 2.90 bits per heavy atom. The third kappa shape index (κ3) is 2.49. The van der Waals surface area contributed by atoms with E-state index in [1.807, 2.05) is 31.7 Å². The molecule has 0 aliphatic carbocycles. The minimum Gasteiger partial charge on any atom is -0.444 e. The first-order valence-corrected chi connectivity index (χ1v) is 8.29. The summed E-state index contributed by atoms with van der Waals surface area (Å²) in [5.74, 6) is 0. The molecule has 110 valence electrons. The second-order valence-electron chi connectivity index (χ2n) is 6.38. The van der Waals surface area contributed by atoms with Crippen molar-refractivity contribution in [3.8, 4) is 0 Å². The second-order valence-corrected chi connectivity index (χ2v) is 8.84. The number of nitrogens with zero attached hydrogens (tertiary/aromatic N) is 1. The van der Waals surface area contributed by atoms with Crippen LogP contribution in [0.2, 0.25) is 0 Å². The third-order valence-electron chi connectivity index (χ3n) is 3.63. The summed E-state index contributed by atoms with van der Waals surface area (Å²) >= 11 is 5.16. The molecule has 1 aromatic heterocycles. The third-order valence-corrected chi connectivity index (χ3v) is 5.44. The summed E-state index contributed by atoms with van der Waals surface area (Å²) in [7, 11) is 0. The molecular weight excluding hydrogens is 342 g/mol. The van der Waals surface area contributed by atoms with Crippen LogP contribution < -0.4 is 0 Å². The fourth-order valence-electron chi connectivity index (χ4n) is 2.81. The molecule has 0 unspecified atom stereocenters. The lowest BCUT2D eigenvalue weighted by Crippen LogP contribution is -2.46. The highest BCUT2D eigenvalue weighted by Crippen LogP contribution is 2.48. The molecule has 0 radical (unpaired) electrons. The number of hydrogen-bond donors (Lipinski definition) is 0. The molecule has 0 N–H and O–H groups in total. The minimum absolute atomic E-state index is 0.130. The van der Waals surface area contributed by atoms with Gasteiger partial charge in [-0.15, -0.1) is 11.3 Å². The van der Waals surface area contributed by atoms with Crippen molar-refractivity contribution < 1.29 is 14.3 Å². The topological polar surface area (TPSA) is 38.8 Å². The molecule has 2 aliphatic heterocycles. The Hall–Kier alpha value is -0.590. The van der Waals surface area contributed by atoms with E-state index in [0.29, 0.717) is 13.2 Å². The predicted octanol–water partition coefficient (Wildman–Crippen LogP) is 3.75. The van der Waals surface area contributed by atoms with E-state index in [4.69, 9.17) is 9.47 Å². The molecular formula is C14H18BrNO3S. The molecule has 0 spiro atoms. The lowest BCUT2D eigenvalue weighted by atomic mass is 10.0. The predicted molar refractivity (Wildman–Crippen MR) is 81.0 cm³/mol. The van der Waals surface area contributed by atoms with Crippen LogP contribution in [0.5, 0.6) is 0 Å². The first kappa shape index (κ1) is 14.4. The molecule has 0 aromatic carbocycles. The van der Waals surface area contributed by atoms with Crippen LogP contribution in [0.15, 0.2) is 15.9 Å². The average molecular weight is 360 g/mol. The number of likely N-dealkylation sites (tertiary alicyclic amines) is 1. The van der Waals surface area contributed by atoms with Crippen molar-refractivity contribution in [1.82, 2.24) is 4.90 Å². The zero-order valence-corrected chi connectivity index (χ0v) is 14.2. The maximum atomic E-state index is 12.3. The van der Waals surface area contributed by atoms with Crippen LogP contribution >= 0.6 is 27.3 Å². The van der Waals surface area contributed by atoms with Gasteiger partial charge in [-0.3, -0.25) is 4.90 Å². The van der Waals surface area contributed by atoms with Gasteiger partial charge in [-0.25, -0.2) is 4.79 Å². The summed E-state index contributed by atoms with van der Waals surface area (Å²) in [5.41, 5.74) is -0.794. The Morgan fingerprint density at radius 2 is 2.30 bits per heavy atom. The van der Waals surface area contributed by atoms with E-state index >= 15 is 0 Å². The van der Waals surface area contributed by atoms with Gasteiger partial charge in [0, 0.05) is 11.3 Å². The molecule has 3 rings (SSSR count). The monoisotopic (exact) mass is 359 g/mol. The Bertz CT molecular complexity index is 539. The zero-order chi connectivity index (χ0) is 14.5. The van der Waals surface area contributed by atoms with Gasteiger partial charge in [-0.05, 0) is 48.8 Å².